The topological polar surface area (TPSA) is 133 Å². The maximum absolute atomic E-state index is 12.6. The Morgan fingerprint density at radius 2 is 2.03 bits per heavy atom. The first-order chi connectivity index (χ1) is 16.5. The number of halogens is 1. The number of nitrogens with zero attached hydrogens (tertiary/aromatic N) is 5. The molecule has 0 bridgehead atoms. The molecule has 1 saturated heterocycles. The minimum atomic E-state index is -0.398. The van der Waals surface area contributed by atoms with E-state index in [-0.39, 0.29) is 17.7 Å². The van der Waals surface area contributed by atoms with Crippen molar-refractivity contribution < 1.29 is 9.53 Å². The molecule has 0 aliphatic carbocycles. The van der Waals surface area contributed by atoms with Gasteiger partial charge in [-0.2, -0.15) is 5.10 Å². The summed E-state index contributed by atoms with van der Waals surface area (Å²) >= 11 is 6.53. The molecule has 0 spiro atoms. The summed E-state index contributed by atoms with van der Waals surface area (Å²) in [4.78, 5) is 26.2. The van der Waals surface area contributed by atoms with Crippen molar-refractivity contribution in [1.82, 2.24) is 30.0 Å². The third-order valence-electron chi connectivity index (χ3n) is 5.60. The van der Waals surface area contributed by atoms with Gasteiger partial charge in [0.15, 0.2) is 11.6 Å². The average molecular weight is 479 g/mol. The van der Waals surface area contributed by atoms with Gasteiger partial charge in [-0.3, -0.25) is 15.0 Å². The van der Waals surface area contributed by atoms with E-state index < -0.39 is 6.03 Å². The first-order valence-electron chi connectivity index (χ1n) is 10.9. The molecule has 3 aromatic heterocycles. The number of hydrogen-bond acceptors (Lipinski definition) is 7. The Bertz CT molecular complexity index is 1370. The summed E-state index contributed by atoms with van der Waals surface area (Å²) in [7, 11) is 1.81. The summed E-state index contributed by atoms with van der Waals surface area (Å²) in [6, 6.07) is 8.91. The van der Waals surface area contributed by atoms with Crippen LogP contribution in [0.3, 0.4) is 0 Å². The van der Waals surface area contributed by atoms with Crippen LogP contribution >= 0.6 is 11.6 Å². The fourth-order valence-electron chi connectivity index (χ4n) is 3.92. The van der Waals surface area contributed by atoms with Gasteiger partial charge in [0, 0.05) is 49.6 Å². The highest BCUT2D eigenvalue weighted by atomic mass is 35.5. The molecule has 5 rings (SSSR count). The van der Waals surface area contributed by atoms with Gasteiger partial charge in [0.2, 0.25) is 0 Å². The number of benzene rings is 1. The minimum absolute atomic E-state index is 0.0296. The number of nitrogen functional groups attached to an aromatic ring is 1. The van der Waals surface area contributed by atoms with Crippen molar-refractivity contribution in [3.05, 3.63) is 47.7 Å². The molecule has 1 aromatic carbocycles. The number of amides is 2. The van der Waals surface area contributed by atoms with Crippen LogP contribution in [0.4, 0.5) is 16.4 Å². The van der Waals surface area contributed by atoms with E-state index in [1.54, 1.807) is 16.9 Å². The lowest BCUT2D eigenvalue weighted by Crippen LogP contribution is -2.41. The molecule has 4 N–H and O–H groups in total. The first-order valence-corrected chi connectivity index (χ1v) is 11.2. The SMILES string of the molecule is Cn1ccc(-c2nc(N)c(NC(=O)NC3CCOCC3)nc2-c2cc(Cl)c3ncccc3c2)n1. The van der Waals surface area contributed by atoms with Gasteiger partial charge in [-0.25, -0.2) is 14.8 Å². The summed E-state index contributed by atoms with van der Waals surface area (Å²) < 4.78 is 7.01. The Hall–Kier alpha value is -3.76. The summed E-state index contributed by atoms with van der Waals surface area (Å²) in [5.74, 6) is 0.238. The van der Waals surface area contributed by atoms with E-state index in [4.69, 9.17) is 27.1 Å². The maximum Gasteiger partial charge on any atom is 0.320 e. The molecular weight excluding hydrogens is 456 g/mol. The second-order valence-electron chi connectivity index (χ2n) is 8.05. The number of nitrogens with two attached hydrogens (primary N) is 1. The zero-order valence-electron chi connectivity index (χ0n) is 18.5. The lowest BCUT2D eigenvalue weighted by atomic mass is 10.0. The van der Waals surface area contributed by atoms with Crippen LogP contribution in [-0.2, 0) is 11.8 Å². The number of carbonyl (C=O) groups excluding carboxylic acids is 1. The van der Waals surface area contributed by atoms with E-state index in [0.717, 1.165) is 18.2 Å². The molecule has 0 saturated carbocycles. The van der Waals surface area contributed by atoms with E-state index in [1.165, 1.54) is 0 Å². The molecule has 174 valence electrons. The fraction of sp³-hybridized carbons (Fsp3) is 0.261. The third-order valence-corrected chi connectivity index (χ3v) is 5.89. The zero-order valence-corrected chi connectivity index (χ0v) is 19.2. The van der Waals surface area contributed by atoms with Gasteiger partial charge in [-0.15, -0.1) is 0 Å². The number of aromatic nitrogens is 5. The maximum atomic E-state index is 12.6. The van der Waals surface area contributed by atoms with Crippen molar-refractivity contribution in [2.24, 2.45) is 7.05 Å². The standard InChI is InChI=1S/C23H23ClN8O2/c1-32-8-4-17(31-32)20-19(14-11-13-3-2-7-26-18(13)16(24)12-14)29-22(21(25)28-20)30-23(33)27-15-5-9-34-10-6-15/h2-4,7-8,11-12,15H,5-6,9-10H2,1H3,(H2,25,28)(H2,27,29,30,33). The molecule has 0 unspecified atom stereocenters. The number of nitrogens with one attached hydrogen (secondary N) is 2. The molecule has 0 radical (unpaired) electrons. The molecule has 4 aromatic rings. The molecular formula is C23H23ClN8O2. The number of aryl methyl sites for hydroxylation is 1. The summed E-state index contributed by atoms with van der Waals surface area (Å²) in [6.07, 6.45) is 5.00. The summed E-state index contributed by atoms with van der Waals surface area (Å²) in [6.45, 7) is 1.24. The van der Waals surface area contributed by atoms with Crippen molar-refractivity contribution in [2.45, 2.75) is 18.9 Å². The van der Waals surface area contributed by atoms with Crippen molar-refractivity contribution in [3.8, 4) is 22.6 Å². The predicted molar refractivity (Wildman–Crippen MR) is 130 cm³/mol. The number of pyridine rings is 1. The lowest BCUT2D eigenvalue weighted by Gasteiger charge is -2.23. The number of urea groups is 1. The van der Waals surface area contributed by atoms with Gasteiger partial charge in [-0.05, 0) is 37.1 Å². The van der Waals surface area contributed by atoms with Gasteiger partial charge >= 0.3 is 6.03 Å². The van der Waals surface area contributed by atoms with Gasteiger partial charge in [0.1, 0.15) is 17.1 Å². The van der Waals surface area contributed by atoms with E-state index in [0.29, 0.717) is 46.4 Å². The Labute approximate surface area is 200 Å². The van der Waals surface area contributed by atoms with Crippen molar-refractivity contribution in [2.75, 3.05) is 24.3 Å². The molecule has 1 aliphatic heterocycles. The van der Waals surface area contributed by atoms with E-state index in [2.05, 4.69) is 25.7 Å². The number of rotatable bonds is 4. The Balaban J connectivity index is 1.56. The van der Waals surface area contributed by atoms with Gasteiger partial charge in [0.05, 0.1) is 10.5 Å². The number of carbonyl (C=O) groups is 1. The van der Waals surface area contributed by atoms with E-state index in [1.807, 2.05) is 37.5 Å². The highest BCUT2D eigenvalue weighted by Gasteiger charge is 2.21. The van der Waals surface area contributed by atoms with Gasteiger partial charge < -0.3 is 15.8 Å². The van der Waals surface area contributed by atoms with Crippen LogP contribution in [0.5, 0.6) is 0 Å². The molecule has 34 heavy (non-hydrogen) atoms. The molecule has 1 aliphatic rings. The number of ether oxygens (including phenoxy) is 1. The van der Waals surface area contributed by atoms with Crippen LogP contribution in [-0.4, -0.2) is 50.0 Å². The number of hydrogen-bond donors (Lipinski definition) is 3. The Kier molecular flexibility index (Phi) is 5.99. The van der Waals surface area contributed by atoms with Crippen LogP contribution < -0.4 is 16.4 Å². The smallest absolute Gasteiger partial charge is 0.320 e. The van der Waals surface area contributed by atoms with E-state index >= 15 is 0 Å². The van der Waals surface area contributed by atoms with Crippen LogP contribution in [0, 0.1) is 0 Å². The first kappa shape index (κ1) is 22.1. The zero-order chi connectivity index (χ0) is 23.7. The fourth-order valence-corrected chi connectivity index (χ4v) is 4.19. The Morgan fingerprint density at radius 3 is 2.79 bits per heavy atom. The van der Waals surface area contributed by atoms with Crippen molar-refractivity contribution in [1.29, 1.82) is 0 Å². The van der Waals surface area contributed by atoms with Gasteiger partial charge in [-0.1, -0.05) is 17.7 Å². The molecule has 2 amide bonds. The predicted octanol–water partition coefficient (Wildman–Crippen LogP) is 3.63. The molecule has 10 nitrogen and oxygen atoms in total. The highest BCUT2D eigenvalue weighted by molar-refractivity contribution is 6.35. The molecule has 11 heteroatoms. The quantitative estimate of drug-likeness (QED) is 0.408. The summed E-state index contributed by atoms with van der Waals surface area (Å²) in [5.41, 5.74) is 9.16. The lowest BCUT2D eigenvalue weighted by molar-refractivity contribution is 0.0806. The van der Waals surface area contributed by atoms with Crippen molar-refractivity contribution >= 4 is 40.2 Å². The monoisotopic (exact) mass is 478 g/mol. The molecule has 0 atom stereocenters. The van der Waals surface area contributed by atoms with Gasteiger partial charge in [0.25, 0.3) is 0 Å². The third kappa shape index (κ3) is 4.50. The largest absolute Gasteiger partial charge is 0.381 e. The summed E-state index contributed by atoms with van der Waals surface area (Å²) in [5, 5.41) is 11.5. The van der Waals surface area contributed by atoms with Crippen LogP contribution in [0.15, 0.2) is 42.7 Å². The second kappa shape index (κ2) is 9.24. The van der Waals surface area contributed by atoms with E-state index in [9.17, 15) is 4.79 Å². The average Bonchev–Trinajstić information content (AvgIpc) is 3.27. The number of fused-ring (bicyclic) bond motifs is 1. The van der Waals surface area contributed by atoms with Crippen LogP contribution in [0.25, 0.3) is 33.5 Å². The normalized spacial score (nSPS) is 14.3. The Morgan fingerprint density at radius 1 is 1.21 bits per heavy atom. The highest BCUT2D eigenvalue weighted by Crippen LogP contribution is 2.35. The molecule has 4 heterocycles. The molecule has 1 fully saturated rings. The van der Waals surface area contributed by atoms with Crippen LogP contribution in [0.2, 0.25) is 5.02 Å². The van der Waals surface area contributed by atoms with Crippen molar-refractivity contribution in [3.63, 3.8) is 0 Å². The minimum Gasteiger partial charge on any atom is -0.381 e. The van der Waals surface area contributed by atoms with Crippen LogP contribution in [0.1, 0.15) is 12.8 Å². The number of anilines is 2. The second-order valence-corrected chi connectivity index (χ2v) is 8.45.